The zero-order valence-electron chi connectivity index (χ0n) is 13.6. The van der Waals surface area contributed by atoms with Crippen LogP contribution in [0.4, 0.5) is 5.69 Å². The van der Waals surface area contributed by atoms with E-state index in [0.717, 1.165) is 16.8 Å². The summed E-state index contributed by atoms with van der Waals surface area (Å²) in [4.78, 5) is 11.9. The number of rotatable bonds is 5. The number of aromatic hydroxyl groups is 1. The summed E-state index contributed by atoms with van der Waals surface area (Å²) in [5.41, 5.74) is 7.25. The van der Waals surface area contributed by atoms with Crippen LogP contribution in [0, 0.1) is 13.8 Å². The third-order valence-corrected chi connectivity index (χ3v) is 3.45. The van der Waals surface area contributed by atoms with Crippen molar-refractivity contribution < 1.29 is 9.90 Å². The van der Waals surface area contributed by atoms with Crippen molar-refractivity contribution in [1.82, 2.24) is 5.43 Å². The van der Waals surface area contributed by atoms with E-state index in [1.165, 1.54) is 5.56 Å². The molecule has 0 aliphatic rings. The molecule has 5 nitrogen and oxygen atoms in total. The van der Waals surface area contributed by atoms with Gasteiger partial charge in [0.15, 0.2) is 0 Å². The zero-order valence-corrected chi connectivity index (χ0v) is 13.6. The minimum absolute atomic E-state index is 0.149. The van der Waals surface area contributed by atoms with Gasteiger partial charge in [0.2, 0.25) is 0 Å². The van der Waals surface area contributed by atoms with Crippen LogP contribution in [0.25, 0.3) is 0 Å². The largest absolute Gasteiger partial charge is 0.508 e. The lowest BCUT2D eigenvalue weighted by Gasteiger charge is -2.09. The predicted octanol–water partition coefficient (Wildman–Crippen LogP) is 2.96. The molecule has 3 N–H and O–H groups in total. The van der Waals surface area contributed by atoms with E-state index in [4.69, 9.17) is 0 Å². The lowest BCUT2D eigenvalue weighted by atomic mass is 10.1. The van der Waals surface area contributed by atoms with Gasteiger partial charge in [0.1, 0.15) is 5.75 Å². The molecular formula is C18H21N3O2. The molecule has 0 unspecified atom stereocenters. The van der Waals surface area contributed by atoms with E-state index >= 15 is 0 Å². The minimum Gasteiger partial charge on any atom is -0.508 e. The Morgan fingerprint density at radius 1 is 1.13 bits per heavy atom. The van der Waals surface area contributed by atoms with Gasteiger partial charge in [-0.15, -0.1) is 0 Å². The van der Waals surface area contributed by atoms with Crippen LogP contribution in [0.5, 0.6) is 5.75 Å². The highest BCUT2D eigenvalue weighted by atomic mass is 16.3. The van der Waals surface area contributed by atoms with Gasteiger partial charge in [0, 0.05) is 5.69 Å². The molecule has 5 heteroatoms. The fourth-order valence-corrected chi connectivity index (χ4v) is 2.14. The fraction of sp³-hybridized carbons (Fsp3) is 0.222. The standard InChI is InChI=1S/C18H21N3O2/c1-12-4-9-17(13(2)10-12)19-11-18(23)21-20-14(3)15-5-7-16(22)8-6-15/h4-10,19,22H,11H2,1-3H3,(H,21,23)/b20-14-. The predicted molar refractivity (Wildman–Crippen MR) is 92.9 cm³/mol. The van der Waals surface area contributed by atoms with E-state index in [1.54, 1.807) is 31.2 Å². The molecule has 0 spiro atoms. The molecule has 2 aromatic carbocycles. The Bertz CT molecular complexity index is 722. The molecule has 1 amide bonds. The molecule has 0 heterocycles. The van der Waals surface area contributed by atoms with Crippen LogP contribution in [0.2, 0.25) is 0 Å². The van der Waals surface area contributed by atoms with Crippen LogP contribution in [0.15, 0.2) is 47.6 Å². The Balaban J connectivity index is 1.89. The Morgan fingerprint density at radius 2 is 1.83 bits per heavy atom. The molecular weight excluding hydrogens is 290 g/mol. The Hall–Kier alpha value is -2.82. The van der Waals surface area contributed by atoms with E-state index < -0.39 is 0 Å². The molecule has 0 aliphatic carbocycles. The number of phenols is 1. The first-order valence-corrected chi connectivity index (χ1v) is 7.39. The van der Waals surface area contributed by atoms with E-state index in [9.17, 15) is 9.90 Å². The zero-order chi connectivity index (χ0) is 16.8. The third-order valence-electron chi connectivity index (χ3n) is 3.45. The van der Waals surface area contributed by atoms with Gasteiger partial charge in [-0.05, 0) is 62.2 Å². The van der Waals surface area contributed by atoms with Gasteiger partial charge in [-0.1, -0.05) is 17.7 Å². The lowest BCUT2D eigenvalue weighted by molar-refractivity contribution is -0.119. The van der Waals surface area contributed by atoms with Crippen LogP contribution < -0.4 is 10.7 Å². The number of carbonyl (C=O) groups is 1. The first-order chi connectivity index (χ1) is 11.0. The summed E-state index contributed by atoms with van der Waals surface area (Å²) < 4.78 is 0. The lowest BCUT2D eigenvalue weighted by Crippen LogP contribution is -2.27. The molecule has 0 saturated heterocycles. The molecule has 23 heavy (non-hydrogen) atoms. The van der Waals surface area contributed by atoms with Gasteiger partial charge < -0.3 is 10.4 Å². The number of hydrogen-bond acceptors (Lipinski definition) is 4. The number of phenolic OH excluding ortho intramolecular Hbond substituents is 1. The van der Waals surface area contributed by atoms with Gasteiger partial charge in [-0.25, -0.2) is 5.43 Å². The maximum atomic E-state index is 11.9. The molecule has 0 aromatic heterocycles. The number of nitrogens with zero attached hydrogens (tertiary/aromatic N) is 1. The van der Waals surface area contributed by atoms with Gasteiger partial charge in [0.05, 0.1) is 12.3 Å². The smallest absolute Gasteiger partial charge is 0.259 e. The molecule has 0 bridgehead atoms. The summed E-state index contributed by atoms with van der Waals surface area (Å²) >= 11 is 0. The van der Waals surface area contributed by atoms with Crippen LogP contribution >= 0.6 is 0 Å². The number of hydrogen-bond donors (Lipinski definition) is 3. The second kappa shape index (κ2) is 7.45. The van der Waals surface area contributed by atoms with E-state index in [0.29, 0.717) is 5.71 Å². The third kappa shape index (κ3) is 4.85. The van der Waals surface area contributed by atoms with Crippen LogP contribution in [0.1, 0.15) is 23.6 Å². The average Bonchev–Trinajstić information content (AvgIpc) is 2.52. The molecule has 0 fully saturated rings. The Morgan fingerprint density at radius 3 is 2.48 bits per heavy atom. The van der Waals surface area contributed by atoms with E-state index in [-0.39, 0.29) is 18.2 Å². The maximum absolute atomic E-state index is 11.9. The van der Waals surface area contributed by atoms with Crippen molar-refractivity contribution in [3.63, 3.8) is 0 Å². The van der Waals surface area contributed by atoms with Crippen LogP contribution in [-0.2, 0) is 4.79 Å². The molecule has 0 aliphatic heterocycles. The summed E-state index contributed by atoms with van der Waals surface area (Å²) in [6.45, 7) is 5.98. The van der Waals surface area contributed by atoms with Crippen molar-refractivity contribution in [2.75, 3.05) is 11.9 Å². The van der Waals surface area contributed by atoms with Gasteiger partial charge in [0.25, 0.3) is 5.91 Å². The fourth-order valence-electron chi connectivity index (χ4n) is 2.14. The van der Waals surface area contributed by atoms with Gasteiger partial charge in [-0.2, -0.15) is 5.10 Å². The number of carbonyl (C=O) groups excluding carboxylic acids is 1. The Labute approximate surface area is 136 Å². The van der Waals surface area contributed by atoms with Crippen molar-refractivity contribution in [2.24, 2.45) is 5.10 Å². The Kier molecular flexibility index (Phi) is 5.36. The topological polar surface area (TPSA) is 73.7 Å². The first kappa shape index (κ1) is 16.5. The number of nitrogens with one attached hydrogen (secondary N) is 2. The summed E-state index contributed by atoms with van der Waals surface area (Å²) in [5.74, 6) is -0.0219. The monoisotopic (exact) mass is 311 g/mol. The van der Waals surface area contributed by atoms with Crippen LogP contribution in [0.3, 0.4) is 0 Å². The number of hydrazone groups is 1. The van der Waals surface area contributed by atoms with Crippen molar-refractivity contribution in [2.45, 2.75) is 20.8 Å². The summed E-state index contributed by atoms with van der Waals surface area (Å²) in [7, 11) is 0. The SMILES string of the molecule is C/C(=N/NC(=O)CNc1ccc(C)cc1C)c1ccc(O)cc1. The average molecular weight is 311 g/mol. The number of amides is 1. The highest BCUT2D eigenvalue weighted by molar-refractivity contribution is 5.99. The summed E-state index contributed by atoms with van der Waals surface area (Å²) in [6.07, 6.45) is 0. The quantitative estimate of drug-likeness (QED) is 0.587. The second-order valence-electron chi connectivity index (χ2n) is 5.45. The molecule has 0 saturated carbocycles. The van der Waals surface area contributed by atoms with Crippen molar-refractivity contribution >= 4 is 17.3 Å². The highest BCUT2D eigenvalue weighted by Gasteiger charge is 2.03. The molecule has 120 valence electrons. The second-order valence-corrected chi connectivity index (χ2v) is 5.45. The van der Waals surface area contributed by atoms with Crippen LogP contribution in [-0.4, -0.2) is 23.3 Å². The van der Waals surface area contributed by atoms with Crippen molar-refractivity contribution in [1.29, 1.82) is 0 Å². The van der Waals surface area contributed by atoms with Gasteiger partial charge in [-0.3, -0.25) is 4.79 Å². The molecule has 0 radical (unpaired) electrons. The number of anilines is 1. The number of benzene rings is 2. The first-order valence-electron chi connectivity index (χ1n) is 7.39. The summed E-state index contributed by atoms with van der Waals surface area (Å²) in [5, 5.41) is 16.4. The maximum Gasteiger partial charge on any atom is 0.259 e. The minimum atomic E-state index is -0.219. The normalized spacial score (nSPS) is 11.2. The molecule has 2 aromatic rings. The van der Waals surface area contributed by atoms with Crippen molar-refractivity contribution in [3.05, 3.63) is 59.2 Å². The molecule has 0 atom stereocenters. The molecule has 2 rings (SSSR count). The van der Waals surface area contributed by atoms with E-state index in [2.05, 4.69) is 21.9 Å². The summed E-state index contributed by atoms with van der Waals surface area (Å²) in [6, 6.07) is 12.7. The van der Waals surface area contributed by atoms with E-state index in [1.807, 2.05) is 26.0 Å². The number of aryl methyl sites for hydroxylation is 2. The van der Waals surface area contributed by atoms with Gasteiger partial charge >= 0.3 is 0 Å². The highest BCUT2D eigenvalue weighted by Crippen LogP contribution is 2.15. The van der Waals surface area contributed by atoms with Crippen molar-refractivity contribution in [3.8, 4) is 5.75 Å².